The van der Waals surface area contributed by atoms with Gasteiger partial charge in [-0.05, 0) is 29.7 Å². The lowest BCUT2D eigenvalue weighted by Crippen LogP contribution is -2.44. The summed E-state index contributed by atoms with van der Waals surface area (Å²) in [5.41, 5.74) is 0. The van der Waals surface area contributed by atoms with Crippen LogP contribution in [0.2, 0.25) is 0 Å². The van der Waals surface area contributed by atoms with Gasteiger partial charge in [-0.25, -0.2) is 0 Å². The SMILES string of the molecule is CN=C(NCC(=O)NCc1ccco1)NCC(O)c1cc2ccccc2s1.I. The van der Waals surface area contributed by atoms with E-state index in [1.54, 1.807) is 36.8 Å². The number of amides is 1. The number of halogens is 1. The molecule has 150 valence electrons. The fourth-order valence-electron chi connectivity index (χ4n) is 2.51. The first-order valence-electron chi connectivity index (χ1n) is 8.56. The maximum Gasteiger partial charge on any atom is 0.239 e. The maximum absolute atomic E-state index is 11.9. The first-order chi connectivity index (χ1) is 13.2. The standard InChI is InChI=1S/C19H22N4O3S.HI/c1-20-19(23-12-18(25)21-10-14-6-4-8-26-14)22-11-15(24)17-9-13-5-2-3-7-16(13)27-17;/h2-9,15,24H,10-12H2,1H3,(H,21,25)(H2,20,22,23);1H. The molecule has 0 saturated carbocycles. The number of rotatable bonds is 7. The van der Waals surface area contributed by atoms with Crippen molar-refractivity contribution in [2.24, 2.45) is 4.99 Å². The van der Waals surface area contributed by atoms with Crippen molar-refractivity contribution in [3.8, 4) is 0 Å². The smallest absolute Gasteiger partial charge is 0.239 e. The molecule has 2 aromatic heterocycles. The largest absolute Gasteiger partial charge is 0.467 e. The molecule has 0 aliphatic carbocycles. The number of guanidine groups is 1. The number of carbonyl (C=O) groups is 1. The summed E-state index contributed by atoms with van der Waals surface area (Å²) in [7, 11) is 1.61. The summed E-state index contributed by atoms with van der Waals surface area (Å²) in [6.45, 7) is 0.698. The summed E-state index contributed by atoms with van der Waals surface area (Å²) < 4.78 is 6.30. The van der Waals surface area contributed by atoms with Gasteiger partial charge in [-0.15, -0.1) is 35.3 Å². The zero-order valence-electron chi connectivity index (χ0n) is 15.3. The normalized spacial score (nSPS) is 12.3. The molecule has 0 spiro atoms. The van der Waals surface area contributed by atoms with Gasteiger partial charge in [0.05, 0.1) is 19.4 Å². The van der Waals surface area contributed by atoms with Gasteiger partial charge in [0.1, 0.15) is 11.9 Å². The van der Waals surface area contributed by atoms with Gasteiger partial charge in [-0.1, -0.05) is 18.2 Å². The Hall–Kier alpha value is -2.11. The van der Waals surface area contributed by atoms with Crippen molar-refractivity contribution in [2.45, 2.75) is 12.6 Å². The van der Waals surface area contributed by atoms with Gasteiger partial charge in [0.15, 0.2) is 5.96 Å². The minimum absolute atomic E-state index is 0. The van der Waals surface area contributed by atoms with E-state index in [0.29, 0.717) is 24.8 Å². The van der Waals surface area contributed by atoms with Crippen LogP contribution in [-0.4, -0.2) is 37.1 Å². The molecule has 0 radical (unpaired) electrons. The molecule has 28 heavy (non-hydrogen) atoms. The second-order valence-electron chi connectivity index (χ2n) is 5.87. The van der Waals surface area contributed by atoms with Crippen LogP contribution in [-0.2, 0) is 11.3 Å². The van der Waals surface area contributed by atoms with Crippen molar-refractivity contribution < 1.29 is 14.3 Å². The molecule has 3 rings (SSSR count). The molecule has 0 bridgehead atoms. The van der Waals surface area contributed by atoms with Gasteiger partial charge in [0, 0.05) is 23.2 Å². The lowest BCUT2D eigenvalue weighted by Gasteiger charge is -2.14. The molecule has 9 heteroatoms. The number of thiophene rings is 1. The average molecular weight is 514 g/mol. The van der Waals surface area contributed by atoms with Crippen LogP contribution in [0.3, 0.4) is 0 Å². The Morgan fingerprint density at radius 1 is 1.21 bits per heavy atom. The molecular weight excluding hydrogens is 491 g/mol. The molecule has 0 aliphatic rings. The number of hydrogen-bond acceptors (Lipinski definition) is 5. The van der Waals surface area contributed by atoms with E-state index in [4.69, 9.17) is 4.42 Å². The third-order valence-electron chi connectivity index (χ3n) is 3.92. The molecule has 0 aliphatic heterocycles. The van der Waals surface area contributed by atoms with Gasteiger partial charge in [-0.2, -0.15) is 0 Å². The topological polar surface area (TPSA) is 98.9 Å². The van der Waals surface area contributed by atoms with Crippen molar-refractivity contribution in [1.82, 2.24) is 16.0 Å². The van der Waals surface area contributed by atoms with E-state index in [1.165, 1.54) is 0 Å². The van der Waals surface area contributed by atoms with E-state index in [9.17, 15) is 9.90 Å². The summed E-state index contributed by atoms with van der Waals surface area (Å²) >= 11 is 1.56. The van der Waals surface area contributed by atoms with Crippen LogP contribution in [0.1, 0.15) is 16.7 Å². The van der Waals surface area contributed by atoms with Crippen LogP contribution in [0, 0.1) is 0 Å². The fraction of sp³-hybridized carbons (Fsp3) is 0.263. The summed E-state index contributed by atoms with van der Waals surface area (Å²) in [5.74, 6) is 0.958. The first-order valence-corrected chi connectivity index (χ1v) is 9.37. The Kier molecular flexibility index (Phi) is 8.74. The number of aliphatic imine (C=N–C) groups is 1. The number of furan rings is 1. The second-order valence-corrected chi connectivity index (χ2v) is 6.98. The second kappa shape index (κ2) is 11.0. The molecule has 4 N–H and O–H groups in total. The molecule has 2 heterocycles. The Morgan fingerprint density at radius 2 is 2.04 bits per heavy atom. The highest BCUT2D eigenvalue weighted by Gasteiger charge is 2.12. The van der Waals surface area contributed by atoms with E-state index in [1.807, 2.05) is 30.3 Å². The summed E-state index contributed by atoms with van der Waals surface area (Å²) in [6.07, 6.45) is 0.904. The van der Waals surface area contributed by atoms with Gasteiger partial charge in [-0.3, -0.25) is 9.79 Å². The summed E-state index contributed by atoms with van der Waals surface area (Å²) in [6, 6.07) is 13.6. The quantitative estimate of drug-likeness (QED) is 0.221. The van der Waals surface area contributed by atoms with Gasteiger partial charge in [0.2, 0.25) is 5.91 Å². The highest BCUT2D eigenvalue weighted by Crippen LogP contribution is 2.29. The first kappa shape index (κ1) is 22.2. The highest BCUT2D eigenvalue weighted by molar-refractivity contribution is 14.0. The van der Waals surface area contributed by atoms with Crippen molar-refractivity contribution in [2.75, 3.05) is 20.1 Å². The predicted molar refractivity (Wildman–Crippen MR) is 122 cm³/mol. The Morgan fingerprint density at radius 3 is 2.75 bits per heavy atom. The minimum Gasteiger partial charge on any atom is -0.467 e. The Bertz CT molecular complexity index is 878. The van der Waals surface area contributed by atoms with Crippen LogP contribution < -0.4 is 16.0 Å². The number of nitrogens with zero attached hydrogens (tertiary/aromatic N) is 1. The molecule has 0 saturated heterocycles. The molecular formula is C19H23IN4O3S. The van der Waals surface area contributed by atoms with Crippen LogP contribution in [0.4, 0.5) is 0 Å². The van der Waals surface area contributed by atoms with Crippen molar-refractivity contribution >= 4 is 57.3 Å². The highest BCUT2D eigenvalue weighted by atomic mass is 127. The van der Waals surface area contributed by atoms with Crippen LogP contribution in [0.25, 0.3) is 10.1 Å². The third-order valence-corrected chi connectivity index (χ3v) is 5.13. The number of aliphatic hydroxyl groups is 1. The molecule has 1 unspecified atom stereocenters. The molecule has 1 atom stereocenters. The summed E-state index contributed by atoms with van der Waals surface area (Å²) in [4.78, 5) is 16.8. The number of nitrogens with one attached hydrogen (secondary N) is 3. The van der Waals surface area contributed by atoms with Gasteiger partial charge in [0.25, 0.3) is 0 Å². The fourth-order valence-corrected chi connectivity index (χ4v) is 3.56. The minimum atomic E-state index is -0.659. The lowest BCUT2D eigenvalue weighted by molar-refractivity contribution is -0.120. The van der Waals surface area contributed by atoms with E-state index >= 15 is 0 Å². The van der Waals surface area contributed by atoms with Gasteiger partial charge >= 0.3 is 0 Å². The molecule has 3 aromatic rings. The third kappa shape index (κ3) is 6.21. The zero-order chi connectivity index (χ0) is 19.1. The zero-order valence-corrected chi connectivity index (χ0v) is 18.5. The number of fused-ring (bicyclic) bond motifs is 1. The van der Waals surface area contributed by atoms with E-state index in [2.05, 4.69) is 20.9 Å². The average Bonchev–Trinajstić information content (AvgIpc) is 3.35. The maximum atomic E-state index is 11.9. The molecule has 7 nitrogen and oxygen atoms in total. The summed E-state index contributed by atoms with van der Waals surface area (Å²) in [5, 5.41) is 20.2. The van der Waals surface area contributed by atoms with E-state index < -0.39 is 6.10 Å². The van der Waals surface area contributed by atoms with E-state index in [-0.39, 0.29) is 36.4 Å². The Labute approximate surface area is 184 Å². The predicted octanol–water partition coefficient (Wildman–Crippen LogP) is 2.63. The Balaban J connectivity index is 0.00000280. The molecule has 0 fully saturated rings. The van der Waals surface area contributed by atoms with Crippen LogP contribution >= 0.6 is 35.3 Å². The van der Waals surface area contributed by atoms with Gasteiger partial charge < -0.3 is 25.5 Å². The van der Waals surface area contributed by atoms with E-state index in [0.717, 1.165) is 15.0 Å². The van der Waals surface area contributed by atoms with Crippen molar-refractivity contribution in [1.29, 1.82) is 0 Å². The molecule has 1 aromatic carbocycles. The number of hydrogen-bond donors (Lipinski definition) is 4. The number of carbonyl (C=O) groups excluding carboxylic acids is 1. The van der Waals surface area contributed by atoms with Crippen LogP contribution in [0.5, 0.6) is 0 Å². The lowest BCUT2D eigenvalue weighted by atomic mass is 10.2. The van der Waals surface area contributed by atoms with Crippen molar-refractivity contribution in [3.05, 3.63) is 59.4 Å². The monoisotopic (exact) mass is 514 g/mol. The molecule has 1 amide bonds. The number of benzene rings is 1. The van der Waals surface area contributed by atoms with Crippen LogP contribution in [0.15, 0.2) is 58.1 Å². The number of aliphatic hydroxyl groups excluding tert-OH is 1. The van der Waals surface area contributed by atoms with Crippen molar-refractivity contribution in [3.63, 3.8) is 0 Å².